The maximum Gasteiger partial charge on any atom is 0.296 e. The first kappa shape index (κ1) is 23.4. The zero-order valence-corrected chi connectivity index (χ0v) is 20.7. The monoisotopic (exact) mass is 493 g/mol. The molecule has 3 heterocycles. The second kappa shape index (κ2) is 10.1. The fourth-order valence-electron chi connectivity index (χ4n) is 4.65. The minimum Gasteiger partial charge on any atom is -0.495 e. The summed E-state index contributed by atoms with van der Waals surface area (Å²) in [6, 6.07) is 15.6. The molecule has 0 atom stereocenters. The molecule has 0 radical (unpaired) electrons. The van der Waals surface area contributed by atoms with Crippen LogP contribution in [0.4, 0.5) is 5.69 Å². The molecule has 0 amide bonds. The molecule has 1 saturated heterocycles. The maximum absolute atomic E-state index is 13.0. The third kappa shape index (κ3) is 4.76. The zero-order chi connectivity index (χ0) is 24.4. The molecule has 2 aromatic heterocycles. The number of aromatic nitrogens is 3. The number of anilines is 1. The Morgan fingerprint density at radius 1 is 1.06 bits per heavy atom. The number of halogens is 1. The third-order valence-corrected chi connectivity index (χ3v) is 6.74. The van der Waals surface area contributed by atoms with Crippen molar-refractivity contribution in [3.8, 4) is 17.0 Å². The van der Waals surface area contributed by atoms with E-state index in [4.69, 9.17) is 26.0 Å². The maximum atomic E-state index is 13.0. The second-order valence-corrected chi connectivity index (χ2v) is 9.14. The lowest BCUT2D eigenvalue weighted by Gasteiger charge is -2.36. The Balaban J connectivity index is 1.26. The van der Waals surface area contributed by atoms with E-state index in [1.54, 1.807) is 7.11 Å². The number of benzene rings is 2. The van der Waals surface area contributed by atoms with Gasteiger partial charge in [-0.15, -0.1) is 0 Å². The molecule has 9 heteroatoms. The van der Waals surface area contributed by atoms with Gasteiger partial charge in [-0.1, -0.05) is 47.1 Å². The summed E-state index contributed by atoms with van der Waals surface area (Å²) in [5.74, 6) is 1.44. The van der Waals surface area contributed by atoms with Gasteiger partial charge in [0.2, 0.25) is 0 Å². The Labute approximate surface area is 208 Å². The molecule has 182 valence electrons. The summed E-state index contributed by atoms with van der Waals surface area (Å²) in [5.41, 5.74) is 2.81. The molecule has 0 aliphatic carbocycles. The van der Waals surface area contributed by atoms with Crippen molar-refractivity contribution in [2.45, 2.75) is 19.9 Å². The van der Waals surface area contributed by atoms with Crippen LogP contribution in [0.15, 0.2) is 57.8 Å². The molecule has 5 rings (SSSR count). The van der Waals surface area contributed by atoms with Gasteiger partial charge in [-0.25, -0.2) is 4.68 Å². The molecule has 0 unspecified atom stereocenters. The van der Waals surface area contributed by atoms with E-state index in [2.05, 4.69) is 15.0 Å². The van der Waals surface area contributed by atoms with Crippen LogP contribution in [0.3, 0.4) is 0 Å². The molecule has 1 aliphatic heterocycles. The molecule has 1 aliphatic rings. The fraction of sp³-hybridized carbons (Fsp3) is 0.346. The Kier molecular flexibility index (Phi) is 6.74. The Morgan fingerprint density at radius 3 is 2.57 bits per heavy atom. The van der Waals surface area contributed by atoms with Crippen LogP contribution in [0.2, 0.25) is 5.02 Å². The SMILES string of the molecule is COc1ccc(Cl)cc1N1CCN(CCCn2nc(-c3ccccc3)c3c(C)onc3c2=O)CC1. The average Bonchev–Trinajstić information content (AvgIpc) is 3.28. The summed E-state index contributed by atoms with van der Waals surface area (Å²) in [6.07, 6.45) is 0.809. The Hall–Kier alpha value is -3.36. The van der Waals surface area contributed by atoms with Gasteiger partial charge in [-0.3, -0.25) is 9.69 Å². The van der Waals surface area contributed by atoms with Crippen LogP contribution in [0.25, 0.3) is 22.2 Å². The molecule has 35 heavy (non-hydrogen) atoms. The zero-order valence-electron chi connectivity index (χ0n) is 19.9. The number of hydrogen-bond donors (Lipinski definition) is 0. The van der Waals surface area contributed by atoms with Crippen molar-refractivity contribution >= 4 is 28.2 Å². The third-order valence-electron chi connectivity index (χ3n) is 6.50. The molecular formula is C26H28ClN5O3. The number of ether oxygens (including phenoxy) is 1. The number of hydrogen-bond acceptors (Lipinski definition) is 7. The van der Waals surface area contributed by atoms with E-state index in [1.165, 1.54) is 4.68 Å². The van der Waals surface area contributed by atoms with Gasteiger partial charge in [0, 0.05) is 49.9 Å². The van der Waals surface area contributed by atoms with Gasteiger partial charge >= 0.3 is 0 Å². The van der Waals surface area contributed by atoms with Crippen LogP contribution in [-0.2, 0) is 6.54 Å². The number of rotatable bonds is 7. The van der Waals surface area contributed by atoms with Crippen LogP contribution < -0.4 is 15.2 Å². The van der Waals surface area contributed by atoms with Crippen molar-refractivity contribution in [3.05, 3.63) is 69.7 Å². The van der Waals surface area contributed by atoms with Crippen molar-refractivity contribution in [1.29, 1.82) is 0 Å². The molecule has 0 bridgehead atoms. The first-order chi connectivity index (χ1) is 17.0. The van der Waals surface area contributed by atoms with Gasteiger partial charge in [0.1, 0.15) is 17.2 Å². The van der Waals surface area contributed by atoms with Crippen molar-refractivity contribution in [2.75, 3.05) is 44.7 Å². The topological polar surface area (TPSA) is 76.6 Å². The number of nitrogens with zero attached hydrogens (tertiary/aromatic N) is 5. The molecule has 8 nitrogen and oxygen atoms in total. The highest BCUT2D eigenvalue weighted by Crippen LogP contribution is 2.32. The van der Waals surface area contributed by atoms with E-state index >= 15 is 0 Å². The molecule has 0 saturated carbocycles. The lowest BCUT2D eigenvalue weighted by molar-refractivity contribution is 0.248. The summed E-state index contributed by atoms with van der Waals surface area (Å²) in [5, 5.41) is 10.1. The van der Waals surface area contributed by atoms with Crippen LogP contribution in [-0.4, -0.2) is 59.7 Å². The molecular weight excluding hydrogens is 466 g/mol. The first-order valence-corrected chi connectivity index (χ1v) is 12.2. The lowest BCUT2D eigenvalue weighted by Crippen LogP contribution is -2.47. The predicted molar refractivity (Wildman–Crippen MR) is 138 cm³/mol. The summed E-state index contributed by atoms with van der Waals surface area (Å²) in [6.45, 7) is 6.83. The van der Waals surface area contributed by atoms with Crippen LogP contribution >= 0.6 is 11.6 Å². The minimum atomic E-state index is -0.214. The van der Waals surface area contributed by atoms with Crippen LogP contribution in [0.1, 0.15) is 12.2 Å². The summed E-state index contributed by atoms with van der Waals surface area (Å²) >= 11 is 6.21. The summed E-state index contributed by atoms with van der Waals surface area (Å²) in [7, 11) is 1.68. The molecule has 1 fully saturated rings. The Morgan fingerprint density at radius 2 is 1.83 bits per heavy atom. The number of piperazine rings is 1. The van der Waals surface area contributed by atoms with Gasteiger partial charge < -0.3 is 14.2 Å². The number of aryl methyl sites for hydroxylation is 2. The standard InChI is InChI=1S/C26H28ClN5O3/c1-18-23-24(19-7-4-3-5-8-19)28-32(26(33)25(23)29-35-18)12-6-11-30-13-15-31(16-14-30)21-17-20(27)9-10-22(21)34-2/h3-5,7-10,17H,6,11-16H2,1-2H3. The normalized spacial score (nSPS) is 14.5. The minimum absolute atomic E-state index is 0.214. The van der Waals surface area contributed by atoms with E-state index in [0.717, 1.165) is 61.8 Å². The molecule has 0 spiro atoms. The van der Waals surface area contributed by atoms with Gasteiger partial charge in [0.25, 0.3) is 5.56 Å². The van der Waals surface area contributed by atoms with E-state index in [-0.39, 0.29) is 5.56 Å². The van der Waals surface area contributed by atoms with Gasteiger partial charge in [-0.05, 0) is 31.5 Å². The molecule has 2 aromatic carbocycles. The predicted octanol–water partition coefficient (Wildman–Crippen LogP) is 4.23. The van der Waals surface area contributed by atoms with Gasteiger partial charge in [0.15, 0.2) is 5.52 Å². The summed E-state index contributed by atoms with van der Waals surface area (Å²) in [4.78, 5) is 17.7. The van der Waals surface area contributed by atoms with Gasteiger partial charge in [-0.2, -0.15) is 5.10 Å². The highest BCUT2D eigenvalue weighted by Gasteiger charge is 2.21. The molecule has 4 aromatic rings. The average molecular weight is 494 g/mol. The van der Waals surface area contributed by atoms with E-state index in [0.29, 0.717) is 28.2 Å². The quantitative estimate of drug-likeness (QED) is 0.381. The van der Waals surface area contributed by atoms with Crippen molar-refractivity contribution in [2.24, 2.45) is 0 Å². The van der Waals surface area contributed by atoms with Crippen molar-refractivity contribution in [1.82, 2.24) is 19.8 Å². The summed E-state index contributed by atoms with van der Waals surface area (Å²) < 4.78 is 12.4. The number of methoxy groups -OCH3 is 1. The first-order valence-electron chi connectivity index (χ1n) is 11.8. The largest absolute Gasteiger partial charge is 0.495 e. The number of fused-ring (bicyclic) bond motifs is 1. The highest BCUT2D eigenvalue weighted by molar-refractivity contribution is 6.30. The second-order valence-electron chi connectivity index (χ2n) is 8.70. The Bertz CT molecular complexity index is 1380. The fourth-order valence-corrected chi connectivity index (χ4v) is 4.82. The smallest absolute Gasteiger partial charge is 0.296 e. The van der Waals surface area contributed by atoms with E-state index < -0.39 is 0 Å². The highest BCUT2D eigenvalue weighted by atomic mass is 35.5. The van der Waals surface area contributed by atoms with E-state index in [9.17, 15) is 4.79 Å². The van der Waals surface area contributed by atoms with Crippen LogP contribution in [0, 0.1) is 6.92 Å². The molecule has 0 N–H and O–H groups in total. The van der Waals surface area contributed by atoms with Crippen LogP contribution in [0.5, 0.6) is 5.75 Å². The van der Waals surface area contributed by atoms with Crippen molar-refractivity contribution in [3.63, 3.8) is 0 Å². The van der Waals surface area contributed by atoms with Gasteiger partial charge in [0.05, 0.1) is 18.2 Å². The lowest BCUT2D eigenvalue weighted by atomic mass is 10.1. The van der Waals surface area contributed by atoms with E-state index in [1.807, 2.05) is 55.5 Å². The van der Waals surface area contributed by atoms with Crippen molar-refractivity contribution < 1.29 is 9.26 Å².